The third-order valence-electron chi connectivity index (χ3n) is 7.59. The molecule has 288 valence electrons. The van der Waals surface area contributed by atoms with E-state index in [4.69, 9.17) is 26.6 Å². The van der Waals surface area contributed by atoms with Crippen LogP contribution < -0.4 is 10.6 Å². The fourth-order valence-corrected chi connectivity index (χ4v) is 10.7. The molecule has 0 saturated carbocycles. The van der Waals surface area contributed by atoms with E-state index in [1.54, 1.807) is 0 Å². The van der Waals surface area contributed by atoms with E-state index in [1.165, 1.54) is 24.3 Å². The average molecular weight is 765 g/mol. The lowest BCUT2D eigenvalue weighted by Crippen LogP contribution is -2.46. The molecule has 15 nitrogen and oxygen atoms in total. The van der Waals surface area contributed by atoms with Gasteiger partial charge in [-0.2, -0.15) is 0 Å². The number of hydrogen-bond acceptors (Lipinski definition) is 11. The number of hydrogen-bond donors (Lipinski definition) is 4. The van der Waals surface area contributed by atoms with Gasteiger partial charge in [-0.05, 0) is 78.6 Å². The molecule has 0 atom stereocenters. The number of amides is 2. The van der Waals surface area contributed by atoms with Crippen LogP contribution in [0.1, 0.15) is 112 Å². The van der Waals surface area contributed by atoms with Crippen LogP contribution in [0.4, 0.5) is 0 Å². The topological polar surface area (TPSA) is 205 Å². The normalized spacial score (nSPS) is 11.7. The third-order valence-corrected chi connectivity index (χ3v) is 13.9. The number of carboxylic acids is 2. The Labute approximate surface area is 307 Å². The zero-order valence-corrected chi connectivity index (χ0v) is 32.8. The van der Waals surface area contributed by atoms with Gasteiger partial charge in [0.2, 0.25) is 0 Å². The van der Waals surface area contributed by atoms with Crippen molar-refractivity contribution >= 4 is 47.1 Å². The summed E-state index contributed by atoms with van der Waals surface area (Å²) >= 11 is 0. The van der Waals surface area contributed by atoms with Crippen molar-refractivity contribution in [3.05, 3.63) is 69.8 Å². The summed E-state index contributed by atoms with van der Waals surface area (Å²) in [4.78, 5) is 63.8. The molecule has 0 unspecified atom stereocenters. The fourth-order valence-electron chi connectivity index (χ4n) is 5.49. The summed E-state index contributed by atoms with van der Waals surface area (Å²) in [7, 11) is -5.85. The summed E-state index contributed by atoms with van der Waals surface area (Å²) in [5, 5.41) is 25.2. The van der Waals surface area contributed by atoms with Crippen molar-refractivity contribution in [3.8, 4) is 0 Å². The molecule has 0 aliphatic carbocycles. The van der Waals surface area contributed by atoms with Crippen LogP contribution in [0.25, 0.3) is 0 Å². The highest BCUT2D eigenvalue weighted by Gasteiger charge is 2.40. The minimum Gasteiger partial charge on any atom is -0.478 e. The minimum atomic E-state index is -2.92. The summed E-state index contributed by atoms with van der Waals surface area (Å²) in [5.74, 6) is -4.87. The Morgan fingerprint density at radius 3 is 1.10 bits per heavy atom. The zero-order valence-electron chi connectivity index (χ0n) is 30.8. The smallest absolute Gasteiger partial charge is 0.478 e. The quantitative estimate of drug-likeness (QED) is 0.0586. The lowest BCUT2D eigenvalue weighted by molar-refractivity contribution is 0.0682. The third kappa shape index (κ3) is 12.7. The van der Waals surface area contributed by atoms with E-state index >= 15 is 0 Å². The molecule has 0 radical (unpaired) electrons. The molecular weight excluding hydrogens is 713 g/mol. The molecule has 0 aliphatic heterocycles. The van der Waals surface area contributed by atoms with E-state index < -0.39 is 58.3 Å². The van der Waals surface area contributed by atoms with E-state index in [9.17, 15) is 34.2 Å². The molecular formula is C35H52N2O13Si2. The van der Waals surface area contributed by atoms with Crippen molar-refractivity contribution in [2.24, 2.45) is 0 Å². The number of carbonyl (C=O) groups is 5. The second-order valence-electron chi connectivity index (χ2n) is 11.1. The molecule has 0 aliphatic rings. The maximum Gasteiger partial charge on any atom is 0.500 e. The maximum atomic E-state index is 13.4. The highest BCUT2D eigenvalue weighted by molar-refractivity contribution is 6.61. The summed E-state index contributed by atoms with van der Waals surface area (Å²) in [6, 6.07) is 8.05. The molecule has 2 aromatic rings. The largest absolute Gasteiger partial charge is 0.500 e. The average Bonchev–Trinajstić information content (AvgIpc) is 3.11. The number of carboxylic acid groups (broad SMARTS) is 2. The summed E-state index contributed by atoms with van der Waals surface area (Å²) in [6.07, 6.45) is 0.906. The standard InChI is InChI=1S/C35H52N2O13Si2/c1-7-45-51(46-8-2,47-9-3)21-13-19-36-32(39)27-17-15-25(23-29(27)34(41)42)31(38)26-16-18-28(30(24-26)35(43)44)33(40)37-20-14-22-52(48-10-4,49-11-5)50-12-6/h15-18,23-24H,7-14,19-22H2,1-6H3,(H,36,39)(H,37,40)(H,41,42)(H,43,44). The number of nitrogens with one attached hydrogen (secondary N) is 2. The summed E-state index contributed by atoms with van der Waals surface area (Å²) in [5.41, 5.74) is -1.32. The van der Waals surface area contributed by atoms with Gasteiger partial charge in [0.15, 0.2) is 5.78 Å². The number of aromatic carboxylic acids is 2. The van der Waals surface area contributed by atoms with Crippen molar-refractivity contribution < 1.29 is 60.7 Å². The van der Waals surface area contributed by atoms with Crippen molar-refractivity contribution in [3.63, 3.8) is 0 Å². The van der Waals surface area contributed by atoms with Crippen LogP contribution in [0.2, 0.25) is 12.1 Å². The number of benzene rings is 2. The van der Waals surface area contributed by atoms with Gasteiger partial charge in [0.05, 0.1) is 22.3 Å². The van der Waals surface area contributed by atoms with Gasteiger partial charge in [-0.1, -0.05) is 12.1 Å². The molecule has 0 fully saturated rings. The first-order valence-electron chi connectivity index (χ1n) is 17.6. The van der Waals surface area contributed by atoms with Crippen molar-refractivity contribution in [1.82, 2.24) is 10.6 Å². The van der Waals surface area contributed by atoms with Gasteiger partial charge < -0.3 is 47.4 Å². The van der Waals surface area contributed by atoms with Crippen LogP contribution in [0, 0.1) is 0 Å². The molecule has 2 amide bonds. The number of carbonyl (C=O) groups excluding carboxylic acids is 3. The van der Waals surface area contributed by atoms with Gasteiger partial charge >= 0.3 is 29.5 Å². The Bertz CT molecular complexity index is 1380. The van der Waals surface area contributed by atoms with E-state index in [0.717, 1.165) is 12.1 Å². The van der Waals surface area contributed by atoms with Crippen LogP contribution in [0.15, 0.2) is 36.4 Å². The lowest BCUT2D eigenvalue weighted by Gasteiger charge is -2.28. The Balaban J connectivity index is 2.18. The minimum absolute atomic E-state index is 0.0889. The second kappa shape index (κ2) is 22.3. The van der Waals surface area contributed by atoms with Crippen molar-refractivity contribution in [1.29, 1.82) is 0 Å². The van der Waals surface area contributed by atoms with E-state index in [-0.39, 0.29) is 35.3 Å². The molecule has 2 aromatic carbocycles. The van der Waals surface area contributed by atoms with Crippen molar-refractivity contribution in [2.75, 3.05) is 52.7 Å². The summed E-state index contributed by atoms with van der Waals surface area (Å²) < 4.78 is 34.9. The lowest BCUT2D eigenvalue weighted by atomic mass is 9.95. The van der Waals surface area contributed by atoms with Crippen LogP contribution in [-0.4, -0.2) is 110 Å². The molecule has 0 spiro atoms. The van der Waals surface area contributed by atoms with Gasteiger partial charge in [-0.15, -0.1) is 0 Å². The molecule has 4 N–H and O–H groups in total. The predicted molar refractivity (Wildman–Crippen MR) is 195 cm³/mol. The number of ketones is 1. The van der Waals surface area contributed by atoms with E-state index in [0.29, 0.717) is 64.6 Å². The van der Waals surface area contributed by atoms with Crippen molar-refractivity contribution in [2.45, 2.75) is 66.5 Å². The van der Waals surface area contributed by atoms with Gasteiger partial charge in [-0.25, -0.2) is 9.59 Å². The molecule has 52 heavy (non-hydrogen) atoms. The maximum absolute atomic E-state index is 13.4. The van der Waals surface area contributed by atoms with Gasteiger partial charge in [-0.3, -0.25) is 14.4 Å². The monoisotopic (exact) mass is 764 g/mol. The molecule has 0 aromatic heterocycles. The van der Waals surface area contributed by atoms with Crippen LogP contribution in [-0.2, 0) is 26.6 Å². The zero-order chi connectivity index (χ0) is 38.7. The second-order valence-corrected chi connectivity index (χ2v) is 16.6. The first-order valence-corrected chi connectivity index (χ1v) is 21.4. The Morgan fingerprint density at radius 2 is 0.827 bits per heavy atom. The van der Waals surface area contributed by atoms with E-state index in [1.807, 2.05) is 41.5 Å². The van der Waals surface area contributed by atoms with E-state index in [2.05, 4.69) is 10.6 Å². The van der Waals surface area contributed by atoms with Gasteiger partial charge in [0, 0.05) is 75.9 Å². The van der Waals surface area contributed by atoms with Gasteiger partial charge in [0.1, 0.15) is 0 Å². The SMILES string of the molecule is CCO[Si](CCCNC(=O)c1ccc(C(=O)c2ccc(C(=O)NCCC[Si](OCC)(OCC)OCC)c(C(=O)O)c2)cc1C(=O)O)(OCC)OCC. The van der Waals surface area contributed by atoms with Crippen LogP contribution in [0.5, 0.6) is 0 Å². The van der Waals surface area contributed by atoms with Gasteiger partial charge in [0.25, 0.3) is 11.8 Å². The molecule has 0 bridgehead atoms. The first kappa shape index (κ1) is 44.3. The summed E-state index contributed by atoms with van der Waals surface area (Å²) in [6.45, 7) is 13.9. The highest BCUT2D eigenvalue weighted by Crippen LogP contribution is 2.22. The molecule has 2 rings (SSSR count). The molecule has 0 heterocycles. The molecule has 17 heteroatoms. The highest BCUT2D eigenvalue weighted by atomic mass is 28.4. The predicted octanol–water partition coefficient (Wildman–Crippen LogP) is 4.65. The first-order chi connectivity index (χ1) is 24.9. The Hall–Kier alpha value is -3.82. The Morgan fingerprint density at radius 1 is 0.519 bits per heavy atom. The van der Waals surface area contributed by atoms with Crippen LogP contribution in [0.3, 0.4) is 0 Å². The van der Waals surface area contributed by atoms with Crippen LogP contribution >= 0.6 is 0 Å². The fraction of sp³-hybridized carbons (Fsp3) is 0.514. The Kier molecular flexibility index (Phi) is 19.0. The molecule has 0 saturated heterocycles. The number of rotatable bonds is 26.